The molecule has 1 N–H and O–H groups in total. The van der Waals surface area contributed by atoms with Crippen LogP contribution in [-0.4, -0.2) is 47.2 Å². The van der Waals surface area contributed by atoms with E-state index in [1.165, 1.54) is 5.56 Å². The number of fused-ring (bicyclic) bond motifs is 3. The predicted octanol–water partition coefficient (Wildman–Crippen LogP) is 2.58. The molecule has 0 radical (unpaired) electrons. The summed E-state index contributed by atoms with van der Waals surface area (Å²) in [7, 11) is 0. The molecular formula is C20H22N2O3. The van der Waals surface area contributed by atoms with E-state index in [2.05, 4.69) is 16.0 Å². The number of carbonyl (C=O) groups is 1. The van der Waals surface area contributed by atoms with Crippen LogP contribution in [0.1, 0.15) is 23.5 Å². The Morgan fingerprint density at radius 2 is 2.20 bits per heavy atom. The van der Waals surface area contributed by atoms with E-state index in [0.29, 0.717) is 6.54 Å². The number of ether oxygens (including phenoxy) is 1. The number of aliphatic carboxylic acids is 1. The molecule has 0 amide bonds. The average molecular weight is 338 g/mol. The van der Waals surface area contributed by atoms with Crippen molar-refractivity contribution in [2.75, 3.05) is 26.2 Å². The standard InChI is InChI=1S/C20H22N2O3/c23-19(24)20-13-22(10-4-6-15-5-3-9-21-11-15)12-17(20)16-7-1-2-8-18(16)25-14-20/h1-3,5,7-9,11,17H,4,6,10,12-14H2,(H,23,24)/t17-,20-/m1/s1. The summed E-state index contributed by atoms with van der Waals surface area (Å²) in [6, 6.07) is 11.9. The van der Waals surface area contributed by atoms with Crippen LogP contribution in [0, 0.1) is 5.41 Å². The Morgan fingerprint density at radius 3 is 3.00 bits per heavy atom. The van der Waals surface area contributed by atoms with Gasteiger partial charge in [-0.05, 0) is 42.6 Å². The topological polar surface area (TPSA) is 62.7 Å². The normalized spacial score (nSPS) is 25.0. The van der Waals surface area contributed by atoms with E-state index in [4.69, 9.17) is 4.74 Å². The quantitative estimate of drug-likeness (QED) is 0.908. The van der Waals surface area contributed by atoms with Gasteiger partial charge in [0.2, 0.25) is 0 Å². The van der Waals surface area contributed by atoms with Crippen LogP contribution in [0.15, 0.2) is 48.8 Å². The maximum atomic E-state index is 12.1. The highest BCUT2D eigenvalue weighted by Crippen LogP contribution is 2.49. The van der Waals surface area contributed by atoms with Crippen molar-refractivity contribution in [3.8, 4) is 5.75 Å². The molecule has 25 heavy (non-hydrogen) atoms. The fraction of sp³-hybridized carbons (Fsp3) is 0.400. The van der Waals surface area contributed by atoms with Crippen LogP contribution in [0.5, 0.6) is 5.75 Å². The highest BCUT2D eigenvalue weighted by molar-refractivity contribution is 5.78. The summed E-state index contributed by atoms with van der Waals surface area (Å²) < 4.78 is 5.81. The van der Waals surface area contributed by atoms with Gasteiger partial charge in [-0.2, -0.15) is 0 Å². The number of para-hydroxylation sites is 1. The zero-order valence-electron chi connectivity index (χ0n) is 14.1. The second-order valence-corrected chi connectivity index (χ2v) is 7.04. The Kier molecular flexibility index (Phi) is 4.17. The lowest BCUT2D eigenvalue weighted by atomic mass is 9.73. The Bertz CT molecular complexity index is 765. The third kappa shape index (κ3) is 2.89. The third-order valence-electron chi connectivity index (χ3n) is 5.48. The summed E-state index contributed by atoms with van der Waals surface area (Å²) in [4.78, 5) is 18.5. The van der Waals surface area contributed by atoms with Gasteiger partial charge in [-0.25, -0.2) is 0 Å². The molecule has 2 atom stereocenters. The molecule has 130 valence electrons. The van der Waals surface area contributed by atoms with Crippen molar-refractivity contribution in [2.45, 2.75) is 18.8 Å². The first-order valence-electron chi connectivity index (χ1n) is 8.75. The molecule has 1 saturated heterocycles. The van der Waals surface area contributed by atoms with Crippen LogP contribution in [0.3, 0.4) is 0 Å². The van der Waals surface area contributed by atoms with Crippen molar-refractivity contribution < 1.29 is 14.6 Å². The van der Waals surface area contributed by atoms with Gasteiger partial charge in [-0.1, -0.05) is 24.3 Å². The highest BCUT2D eigenvalue weighted by Gasteiger charge is 2.56. The number of aryl methyl sites for hydroxylation is 1. The van der Waals surface area contributed by atoms with Gasteiger partial charge in [0.15, 0.2) is 0 Å². The van der Waals surface area contributed by atoms with E-state index >= 15 is 0 Å². The number of benzene rings is 1. The van der Waals surface area contributed by atoms with Gasteiger partial charge >= 0.3 is 5.97 Å². The summed E-state index contributed by atoms with van der Waals surface area (Å²) in [6.07, 6.45) is 5.63. The Hall–Kier alpha value is -2.40. The summed E-state index contributed by atoms with van der Waals surface area (Å²) >= 11 is 0. The number of rotatable bonds is 5. The van der Waals surface area contributed by atoms with Gasteiger partial charge in [0, 0.05) is 31.4 Å². The van der Waals surface area contributed by atoms with Gasteiger partial charge in [0.25, 0.3) is 0 Å². The van der Waals surface area contributed by atoms with Crippen molar-refractivity contribution in [1.82, 2.24) is 9.88 Å². The zero-order valence-corrected chi connectivity index (χ0v) is 14.1. The first kappa shape index (κ1) is 16.1. The van der Waals surface area contributed by atoms with Crippen LogP contribution in [0.2, 0.25) is 0 Å². The van der Waals surface area contributed by atoms with Gasteiger partial charge in [-0.3, -0.25) is 9.78 Å². The average Bonchev–Trinajstić information content (AvgIpc) is 3.03. The molecule has 5 heteroatoms. The summed E-state index contributed by atoms with van der Waals surface area (Å²) in [6.45, 7) is 2.47. The minimum atomic E-state index is -0.831. The highest BCUT2D eigenvalue weighted by atomic mass is 16.5. The number of carboxylic acid groups (broad SMARTS) is 1. The number of hydrogen-bond donors (Lipinski definition) is 1. The van der Waals surface area contributed by atoms with Gasteiger partial charge in [-0.15, -0.1) is 0 Å². The molecule has 2 aliphatic rings. The molecule has 5 nitrogen and oxygen atoms in total. The predicted molar refractivity (Wildman–Crippen MR) is 93.7 cm³/mol. The smallest absolute Gasteiger partial charge is 0.315 e. The van der Waals surface area contributed by atoms with Crippen LogP contribution in [0.4, 0.5) is 0 Å². The number of likely N-dealkylation sites (tertiary alicyclic amines) is 1. The van der Waals surface area contributed by atoms with E-state index in [0.717, 1.165) is 37.2 Å². The molecule has 0 spiro atoms. The van der Waals surface area contributed by atoms with Gasteiger partial charge in [0.05, 0.1) is 0 Å². The zero-order chi connectivity index (χ0) is 17.3. The van der Waals surface area contributed by atoms with Crippen molar-refractivity contribution >= 4 is 5.97 Å². The Labute approximate surface area is 147 Å². The number of hydrogen-bond acceptors (Lipinski definition) is 4. The van der Waals surface area contributed by atoms with Crippen LogP contribution in [-0.2, 0) is 11.2 Å². The fourth-order valence-electron chi connectivity index (χ4n) is 4.16. The molecule has 0 bridgehead atoms. The molecular weight excluding hydrogens is 316 g/mol. The Balaban J connectivity index is 1.48. The molecule has 2 aromatic rings. The number of aromatic nitrogens is 1. The maximum Gasteiger partial charge on any atom is 0.315 e. The lowest BCUT2D eigenvalue weighted by molar-refractivity contribution is -0.151. The van der Waals surface area contributed by atoms with E-state index in [1.807, 2.05) is 36.5 Å². The van der Waals surface area contributed by atoms with Crippen LogP contribution >= 0.6 is 0 Å². The van der Waals surface area contributed by atoms with Crippen molar-refractivity contribution in [2.24, 2.45) is 5.41 Å². The first-order chi connectivity index (χ1) is 12.2. The molecule has 1 aromatic heterocycles. The molecule has 3 heterocycles. The van der Waals surface area contributed by atoms with E-state index in [1.54, 1.807) is 6.20 Å². The monoisotopic (exact) mass is 338 g/mol. The minimum Gasteiger partial charge on any atom is -0.492 e. The molecule has 1 fully saturated rings. The molecule has 0 aliphatic carbocycles. The molecule has 2 aliphatic heterocycles. The van der Waals surface area contributed by atoms with Gasteiger partial charge < -0.3 is 14.7 Å². The largest absolute Gasteiger partial charge is 0.492 e. The maximum absolute atomic E-state index is 12.1. The Morgan fingerprint density at radius 1 is 1.32 bits per heavy atom. The van der Waals surface area contributed by atoms with Crippen molar-refractivity contribution in [1.29, 1.82) is 0 Å². The summed E-state index contributed by atoms with van der Waals surface area (Å²) in [5.74, 6) is 0.0803. The second kappa shape index (κ2) is 6.48. The van der Waals surface area contributed by atoms with E-state index in [-0.39, 0.29) is 12.5 Å². The van der Waals surface area contributed by atoms with Crippen molar-refractivity contribution in [3.63, 3.8) is 0 Å². The lowest BCUT2D eigenvalue weighted by Gasteiger charge is -2.35. The summed E-state index contributed by atoms with van der Waals surface area (Å²) in [5, 5.41) is 9.93. The molecule has 0 saturated carbocycles. The van der Waals surface area contributed by atoms with Gasteiger partial charge in [0.1, 0.15) is 17.8 Å². The molecule has 1 aromatic carbocycles. The molecule has 4 rings (SSSR count). The van der Waals surface area contributed by atoms with Crippen LogP contribution < -0.4 is 4.74 Å². The van der Waals surface area contributed by atoms with E-state index < -0.39 is 11.4 Å². The molecule has 0 unspecified atom stereocenters. The SMILES string of the molecule is O=C(O)[C@]12COc3ccccc3[C@H]1CN(CCCc1cccnc1)C2. The fourth-order valence-corrected chi connectivity index (χ4v) is 4.16. The minimum absolute atomic E-state index is 0.00616. The third-order valence-corrected chi connectivity index (χ3v) is 5.48. The second-order valence-electron chi connectivity index (χ2n) is 7.04. The number of pyridine rings is 1. The first-order valence-corrected chi connectivity index (χ1v) is 8.75. The van der Waals surface area contributed by atoms with E-state index in [9.17, 15) is 9.90 Å². The number of nitrogens with zero attached hydrogens (tertiary/aromatic N) is 2. The lowest BCUT2D eigenvalue weighted by Crippen LogP contribution is -2.45. The number of carboxylic acids is 1. The van der Waals surface area contributed by atoms with Crippen molar-refractivity contribution in [3.05, 3.63) is 59.9 Å². The summed E-state index contributed by atoms with van der Waals surface area (Å²) in [5.41, 5.74) is 1.43. The van der Waals surface area contributed by atoms with Crippen LogP contribution in [0.25, 0.3) is 0 Å².